The van der Waals surface area contributed by atoms with Gasteiger partial charge < -0.3 is 10.6 Å². The molecule has 0 aromatic carbocycles. The zero-order valence-electron chi connectivity index (χ0n) is 10.5. The Morgan fingerprint density at radius 3 is 3.00 bits per heavy atom. The molecule has 3 atom stereocenters. The summed E-state index contributed by atoms with van der Waals surface area (Å²) >= 11 is 2.16. The van der Waals surface area contributed by atoms with Crippen LogP contribution in [0, 0.1) is 5.92 Å². The Kier molecular flexibility index (Phi) is 4.98. The van der Waals surface area contributed by atoms with Crippen molar-refractivity contribution in [3.05, 3.63) is 0 Å². The molecule has 1 saturated carbocycles. The van der Waals surface area contributed by atoms with Gasteiger partial charge in [-0.3, -0.25) is 0 Å². The summed E-state index contributed by atoms with van der Waals surface area (Å²) in [5.41, 5.74) is 6.06. The van der Waals surface area contributed by atoms with E-state index in [1.807, 2.05) is 0 Å². The minimum Gasteiger partial charge on any atom is -0.328 e. The Morgan fingerprint density at radius 1 is 1.38 bits per heavy atom. The summed E-state index contributed by atoms with van der Waals surface area (Å²) in [7, 11) is 0. The highest BCUT2D eigenvalue weighted by Gasteiger charge is 2.24. The highest BCUT2D eigenvalue weighted by molar-refractivity contribution is 8.00. The first-order chi connectivity index (χ1) is 7.78. The van der Waals surface area contributed by atoms with E-state index in [1.165, 1.54) is 57.5 Å². The van der Waals surface area contributed by atoms with E-state index in [-0.39, 0.29) is 0 Å². The van der Waals surface area contributed by atoms with Crippen LogP contribution < -0.4 is 5.73 Å². The number of hydrogen-bond donors (Lipinski definition) is 1. The molecule has 2 aliphatic rings. The van der Waals surface area contributed by atoms with Crippen LogP contribution in [0.15, 0.2) is 0 Å². The SMILES string of the molecule is CCC1CN(CC2CCCC(N)C2)CCS1. The monoisotopic (exact) mass is 242 g/mol. The van der Waals surface area contributed by atoms with Gasteiger partial charge in [-0.15, -0.1) is 0 Å². The van der Waals surface area contributed by atoms with E-state index in [2.05, 4.69) is 23.6 Å². The molecule has 0 aromatic heterocycles. The third-order valence-corrected chi connectivity index (χ3v) is 5.39. The molecule has 2 fully saturated rings. The van der Waals surface area contributed by atoms with Gasteiger partial charge in [0.15, 0.2) is 0 Å². The molecule has 2 N–H and O–H groups in total. The van der Waals surface area contributed by atoms with E-state index in [1.54, 1.807) is 0 Å². The molecule has 0 spiro atoms. The second kappa shape index (κ2) is 6.27. The molecule has 3 unspecified atom stereocenters. The summed E-state index contributed by atoms with van der Waals surface area (Å²) in [4.78, 5) is 2.69. The lowest BCUT2D eigenvalue weighted by Crippen LogP contribution is -2.42. The molecule has 94 valence electrons. The van der Waals surface area contributed by atoms with Crippen molar-refractivity contribution in [1.82, 2.24) is 4.90 Å². The zero-order chi connectivity index (χ0) is 11.4. The summed E-state index contributed by atoms with van der Waals surface area (Å²) in [5.74, 6) is 2.21. The first kappa shape index (κ1) is 12.7. The summed E-state index contributed by atoms with van der Waals surface area (Å²) in [6, 6.07) is 0.486. The maximum Gasteiger partial charge on any atom is 0.0172 e. The molecule has 2 nitrogen and oxygen atoms in total. The molecular formula is C13H26N2S. The molecule has 16 heavy (non-hydrogen) atoms. The van der Waals surface area contributed by atoms with E-state index in [9.17, 15) is 0 Å². The summed E-state index contributed by atoms with van der Waals surface area (Å²) in [6.45, 7) is 6.24. The van der Waals surface area contributed by atoms with Crippen molar-refractivity contribution < 1.29 is 0 Å². The second-order valence-electron chi connectivity index (χ2n) is 5.45. The van der Waals surface area contributed by atoms with Gasteiger partial charge in [-0.2, -0.15) is 11.8 Å². The summed E-state index contributed by atoms with van der Waals surface area (Å²) < 4.78 is 0. The number of thioether (sulfide) groups is 1. The third kappa shape index (κ3) is 3.64. The van der Waals surface area contributed by atoms with E-state index < -0.39 is 0 Å². The van der Waals surface area contributed by atoms with Gasteiger partial charge in [0.2, 0.25) is 0 Å². The quantitative estimate of drug-likeness (QED) is 0.823. The van der Waals surface area contributed by atoms with Crippen LogP contribution in [0.2, 0.25) is 0 Å². The van der Waals surface area contributed by atoms with Crippen molar-refractivity contribution in [2.45, 2.75) is 50.3 Å². The van der Waals surface area contributed by atoms with E-state index in [0.29, 0.717) is 6.04 Å². The molecule has 3 heteroatoms. The van der Waals surface area contributed by atoms with Crippen LogP contribution >= 0.6 is 11.8 Å². The first-order valence-corrected chi connectivity index (χ1v) is 7.92. The van der Waals surface area contributed by atoms with Crippen molar-refractivity contribution in [2.24, 2.45) is 11.7 Å². The Hall–Kier alpha value is 0.270. The number of rotatable bonds is 3. The summed E-state index contributed by atoms with van der Waals surface area (Å²) in [6.07, 6.45) is 6.61. The molecule has 0 bridgehead atoms. The standard InChI is InChI=1S/C13H26N2S/c1-2-13-10-15(6-7-16-13)9-11-4-3-5-12(14)8-11/h11-13H,2-10,14H2,1H3. The lowest BCUT2D eigenvalue weighted by Gasteiger charge is -2.36. The largest absolute Gasteiger partial charge is 0.328 e. The van der Waals surface area contributed by atoms with Gasteiger partial charge in [0.1, 0.15) is 0 Å². The molecule has 0 radical (unpaired) electrons. The number of hydrogen-bond acceptors (Lipinski definition) is 3. The number of nitrogens with two attached hydrogens (primary N) is 1. The summed E-state index contributed by atoms with van der Waals surface area (Å²) in [5, 5.41) is 0.881. The lowest BCUT2D eigenvalue weighted by molar-refractivity contribution is 0.196. The van der Waals surface area contributed by atoms with Crippen LogP contribution in [0.1, 0.15) is 39.0 Å². The fraction of sp³-hybridized carbons (Fsp3) is 1.00. The highest BCUT2D eigenvalue weighted by Crippen LogP contribution is 2.27. The molecule has 0 amide bonds. The van der Waals surface area contributed by atoms with Gasteiger partial charge in [-0.05, 0) is 31.6 Å². The Morgan fingerprint density at radius 2 is 2.25 bits per heavy atom. The molecule has 1 aliphatic heterocycles. The lowest BCUT2D eigenvalue weighted by atomic mass is 9.86. The predicted octanol–water partition coefficient (Wildman–Crippen LogP) is 2.33. The third-order valence-electron chi connectivity index (χ3n) is 4.02. The normalized spacial score (nSPS) is 37.5. The Labute approximate surface area is 104 Å². The van der Waals surface area contributed by atoms with Crippen LogP contribution in [-0.4, -0.2) is 41.6 Å². The van der Waals surface area contributed by atoms with Crippen molar-refractivity contribution in [3.63, 3.8) is 0 Å². The Bertz CT molecular complexity index is 210. The average Bonchev–Trinajstić information content (AvgIpc) is 2.29. The molecular weight excluding hydrogens is 216 g/mol. The van der Waals surface area contributed by atoms with Crippen LogP contribution in [0.3, 0.4) is 0 Å². The van der Waals surface area contributed by atoms with Crippen molar-refractivity contribution >= 4 is 11.8 Å². The van der Waals surface area contributed by atoms with Gasteiger partial charge >= 0.3 is 0 Å². The van der Waals surface area contributed by atoms with Crippen LogP contribution in [-0.2, 0) is 0 Å². The van der Waals surface area contributed by atoms with Crippen LogP contribution in [0.4, 0.5) is 0 Å². The molecule has 1 aliphatic carbocycles. The van der Waals surface area contributed by atoms with E-state index in [0.717, 1.165) is 11.2 Å². The van der Waals surface area contributed by atoms with Gasteiger partial charge in [0.25, 0.3) is 0 Å². The fourth-order valence-electron chi connectivity index (χ4n) is 3.06. The molecule has 1 saturated heterocycles. The molecule has 1 heterocycles. The molecule has 2 rings (SSSR count). The van der Waals surface area contributed by atoms with Crippen LogP contribution in [0.25, 0.3) is 0 Å². The minimum absolute atomic E-state index is 0.486. The number of nitrogens with zero attached hydrogens (tertiary/aromatic N) is 1. The Balaban J connectivity index is 1.75. The smallest absolute Gasteiger partial charge is 0.0172 e. The zero-order valence-corrected chi connectivity index (χ0v) is 11.3. The minimum atomic E-state index is 0.486. The van der Waals surface area contributed by atoms with Gasteiger partial charge in [0, 0.05) is 36.7 Å². The van der Waals surface area contributed by atoms with Gasteiger partial charge in [0.05, 0.1) is 0 Å². The van der Waals surface area contributed by atoms with Crippen molar-refractivity contribution in [3.8, 4) is 0 Å². The second-order valence-corrected chi connectivity index (χ2v) is 6.86. The highest BCUT2D eigenvalue weighted by atomic mass is 32.2. The van der Waals surface area contributed by atoms with E-state index in [4.69, 9.17) is 5.73 Å². The van der Waals surface area contributed by atoms with Crippen molar-refractivity contribution in [1.29, 1.82) is 0 Å². The van der Waals surface area contributed by atoms with Gasteiger partial charge in [-0.1, -0.05) is 13.3 Å². The average molecular weight is 242 g/mol. The fourth-order valence-corrected chi connectivity index (χ4v) is 4.31. The maximum absolute atomic E-state index is 6.06. The topological polar surface area (TPSA) is 29.3 Å². The van der Waals surface area contributed by atoms with Crippen LogP contribution in [0.5, 0.6) is 0 Å². The first-order valence-electron chi connectivity index (χ1n) is 6.87. The van der Waals surface area contributed by atoms with Crippen molar-refractivity contribution in [2.75, 3.05) is 25.4 Å². The maximum atomic E-state index is 6.06. The van der Waals surface area contributed by atoms with Gasteiger partial charge in [-0.25, -0.2) is 0 Å². The predicted molar refractivity (Wildman–Crippen MR) is 72.9 cm³/mol. The van der Waals surface area contributed by atoms with E-state index >= 15 is 0 Å². The molecule has 0 aromatic rings.